The molecule has 5 rings (SSSR count). The summed E-state index contributed by atoms with van der Waals surface area (Å²) >= 11 is 0. The topological polar surface area (TPSA) is 70.4 Å². The van der Waals surface area contributed by atoms with Crippen molar-refractivity contribution in [1.82, 2.24) is 20.0 Å². The van der Waals surface area contributed by atoms with Crippen LogP contribution >= 0.6 is 0 Å². The normalized spacial score (nSPS) is 14.5. The molecule has 1 aliphatic rings. The molecule has 0 bridgehead atoms. The highest BCUT2D eigenvalue weighted by Crippen LogP contribution is 2.24. The molecule has 1 aliphatic heterocycles. The van der Waals surface area contributed by atoms with Crippen molar-refractivity contribution in [2.45, 2.75) is 6.92 Å². The average Bonchev–Trinajstić information content (AvgIpc) is 3.29. The number of aromatic nitrogens is 3. The third-order valence-corrected chi connectivity index (χ3v) is 5.11. The van der Waals surface area contributed by atoms with Crippen molar-refractivity contribution in [3.05, 3.63) is 70.7 Å². The first kappa shape index (κ1) is 18.3. The first-order chi connectivity index (χ1) is 14.5. The molecule has 8 heteroatoms. The summed E-state index contributed by atoms with van der Waals surface area (Å²) in [4.78, 5) is 14.2. The number of anilines is 1. The van der Waals surface area contributed by atoms with Crippen molar-refractivity contribution in [2.24, 2.45) is 0 Å². The molecule has 2 aromatic carbocycles. The second kappa shape index (κ2) is 6.93. The van der Waals surface area contributed by atoms with E-state index in [1.165, 1.54) is 0 Å². The fourth-order valence-electron chi connectivity index (χ4n) is 3.68. The summed E-state index contributed by atoms with van der Waals surface area (Å²) in [6, 6.07) is 17.4. The van der Waals surface area contributed by atoms with Crippen LogP contribution in [0.2, 0.25) is 0 Å². The van der Waals surface area contributed by atoms with Crippen LogP contribution in [0.25, 0.3) is 27.9 Å². The lowest BCUT2D eigenvalue weighted by Gasteiger charge is -2.13. The number of benzene rings is 2. The Labute approximate surface area is 172 Å². The maximum atomic E-state index is 12.7. The van der Waals surface area contributed by atoms with E-state index in [1.807, 2.05) is 85.5 Å². The molecule has 2 aromatic heterocycles. The summed E-state index contributed by atoms with van der Waals surface area (Å²) in [7, 11) is 3.87. The molecule has 0 aliphatic carbocycles. The summed E-state index contributed by atoms with van der Waals surface area (Å²) in [5.74, 6) is 0. The Hall–Kier alpha value is -3.78. The highest BCUT2D eigenvalue weighted by atomic mass is 16.4. The zero-order valence-electron chi connectivity index (χ0n) is 17.0. The quantitative estimate of drug-likeness (QED) is 0.388. The third kappa shape index (κ3) is 3.07. The highest BCUT2D eigenvalue weighted by molar-refractivity contribution is 5.85. The fourth-order valence-corrected chi connectivity index (χ4v) is 3.68. The predicted octanol–water partition coefficient (Wildman–Crippen LogP) is 2.64. The van der Waals surface area contributed by atoms with Crippen LogP contribution in [-0.2, 0) is 0 Å². The van der Waals surface area contributed by atoms with E-state index in [4.69, 9.17) is 4.42 Å². The van der Waals surface area contributed by atoms with Crippen LogP contribution in [0.5, 0.6) is 0 Å². The molecule has 3 heterocycles. The minimum Gasteiger partial charge on any atom is -0.420 e. The molecule has 0 atom stereocenters. The Morgan fingerprint density at radius 2 is 1.87 bits per heavy atom. The zero-order chi connectivity index (χ0) is 20.8. The predicted molar refractivity (Wildman–Crippen MR) is 115 cm³/mol. The molecule has 0 radical (unpaired) electrons. The molecule has 8 nitrogen and oxygen atoms in total. The molecule has 0 fully saturated rings. The largest absolute Gasteiger partial charge is 0.420 e. The van der Waals surface area contributed by atoms with Gasteiger partial charge in [-0.1, -0.05) is 30.3 Å². The number of hydrazine groups is 1. The second-order valence-electron chi connectivity index (χ2n) is 7.45. The number of fused-ring (bicyclic) bond motifs is 1. The van der Waals surface area contributed by atoms with Crippen LogP contribution in [-0.4, -0.2) is 51.7 Å². The Morgan fingerprint density at radius 3 is 2.60 bits per heavy atom. The highest BCUT2D eigenvalue weighted by Gasteiger charge is 2.29. The summed E-state index contributed by atoms with van der Waals surface area (Å²) in [6.45, 7) is 2.63. The van der Waals surface area contributed by atoms with Crippen molar-refractivity contribution in [2.75, 3.05) is 25.8 Å². The monoisotopic (exact) mass is 401 g/mol. The summed E-state index contributed by atoms with van der Waals surface area (Å²) in [5.41, 5.74) is 3.96. The van der Waals surface area contributed by atoms with E-state index in [9.17, 15) is 4.79 Å². The number of hydrogen-bond acceptors (Lipinski definition) is 6. The van der Waals surface area contributed by atoms with Crippen LogP contribution in [0.4, 0.5) is 5.69 Å². The number of rotatable bonds is 3. The van der Waals surface area contributed by atoms with Crippen LogP contribution in [0, 0.1) is 6.92 Å². The molecule has 30 heavy (non-hydrogen) atoms. The molecular weight excluding hydrogens is 380 g/mol. The smallest absolute Gasteiger partial charge is 0.385 e. The van der Waals surface area contributed by atoms with Crippen LogP contribution in [0.15, 0.2) is 63.8 Å². The van der Waals surface area contributed by atoms with Crippen LogP contribution < -0.4 is 10.6 Å². The lowest BCUT2D eigenvalue weighted by molar-refractivity contribution is -0.500. The zero-order valence-corrected chi connectivity index (χ0v) is 17.0. The van der Waals surface area contributed by atoms with Crippen LogP contribution in [0.1, 0.15) is 5.69 Å². The minimum atomic E-state index is -0.396. The fraction of sp³-hybridized carbons (Fsp3) is 0.182. The van der Waals surface area contributed by atoms with E-state index < -0.39 is 5.63 Å². The van der Waals surface area contributed by atoms with E-state index in [0.29, 0.717) is 17.9 Å². The third-order valence-electron chi connectivity index (χ3n) is 5.11. The molecule has 0 amide bonds. The van der Waals surface area contributed by atoms with Gasteiger partial charge in [0.05, 0.1) is 18.4 Å². The molecular formula is C22H21N6O2+. The van der Waals surface area contributed by atoms with Gasteiger partial charge in [0.15, 0.2) is 6.67 Å². The summed E-state index contributed by atoms with van der Waals surface area (Å²) in [5, 5.41) is 13.7. The first-order valence-corrected chi connectivity index (χ1v) is 9.63. The van der Waals surface area contributed by atoms with Crippen molar-refractivity contribution in [3.8, 4) is 16.9 Å². The van der Waals surface area contributed by atoms with E-state index >= 15 is 0 Å². The Kier molecular flexibility index (Phi) is 4.22. The van der Waals surface area contributed by atoms with Crippen molar-refractivity contribution < 1.29 is 8.99 Å². The summed E-state index contributed by atoms with van der Waals surface area (Å²) in [6.07, 6.45) is 1.87. The van der Waals surface area contributed by atoms with E-state index in [2.05, 4.69) is 10.2 Å². The molecule has 0 N–H and O–H groups in total. The number of nitrogens with zero attached hydrogens (tertiary/aromatic N) is 6. The standard InChI is InChI=1S/C22H21N6O2/c1-15-21(16-7-5-4-6-8-16)24-28(23-15)18-10-9-17-11-19(22(29)30-20(17)12-18)27-14-25(2)13-26(27)3/h4-12,14H,13H2,1-3H3/q+1. The number of hydrogen-bond donors (Lipinski definition) is 0. The lowest BCUT2D eigenvalue weighted by Crippen LogP contribution is -2.36. The molecule has 150 valence electrons. The average molecular weight is 401 g/mol. The Morgan fingerprint density at radius 1 is 1.07 bits per heavy atom. The first-order valence-electron chi connectivity index (χ1n) is 9.63. The number of aryl methyl sites for hydroxylation is 1. The lowest BCUT2D eigenvalue weighted by atomic mass is 10.1. The molecule has 4 aromatic rings. The minimum absolute atomic E-state index is 0.396. The van der Waals surface area contributed by atoms with Gasteiger partial charge in [0, 0.05) is 30.1 Å². The van der Waals surface area contributed by atoms with E-state index in [1.54, 1.807) is 15.9 Å². The van der Waals surface area contributed by atoms with Gasteiger partial charge in [-0.3, -0.25) is 4.58 Å². The SMILES string of the molecule is Cc1nn(-c2ccc3cc(N4C=[N+](C)CN4C)c(=O)oc3c2)nc1-c1ccccc1. The molecule has 0 spiro atoms. The van der Waals surface area contributed by atoms with Gasteiger partial charge in [0.1, 0.15) is 11.3 Å². The van der Waals surface area contributed by atoms with Gasteiger partial charge in [-0.2, -0.15) is 9.90 Å². The van der Waals surface area contributed by atoms with Gasteiger partial charge in [0.2, 0.25) is 5.69 Å². The van der Waals surface area contributed by atoms with Gasteiger partial charge in [-0.15, -0.1) is 15.1 Å². The van der Waals surface area contributed by atoms with Crippen molar-refractivity contribution in [3.63, 3.8) is 0 Å². The van der Waals surface area contributed by atoms with Gasteiger partial charge in [-0.25, -0.2) is 4.79 Å². The Balaban J connectivity index is 1.55. The van der Waals surface area contributed by atoms with Crippen LogP contribution in [0.3, 0.4) is 0 Å². The molecule has 0 saturated heterocycles. The molecule has 0 unspecified atom stereocenters. The van der Waals surface area contributed by atoms with Gasteiger partial charge >= 0.3 is 5.63 Å². The maximum Gasteiger partial charge on any atom is 0.385 e. The summed E-state index contributed by atoms with van der Waals surface area (Å²) < 4.78 is 7.63. The Bertz CT molecular complexity index is 1340. The van der Waals surface area contributed by atoms with E-state index in [0.717, 1.165) is 28.0 Å². The second-order valence-corrected chi connectivity index (χ2v) is 7.45. The maximum absolute atomic E-state index is 12.7. The van der Waals surface area contributed by atoms with Crippen molar-refractivity contribution in [1.29, 1.82) is 0 Å². The molecule has 0 saturated carbocycles. The van der Waals surface area contributed by atoms with Gasteiger partial charge in [0.25, 0.3) is 6.34 Å². The van der Waals surface area contributed by atoms with Gasteiger partial charge in [-0.05, 0) is 19.1 Å². The van der Waals surface area contributed by atoms with Crippen molar-refractivity contribution >= 4 is 23.0 Å². The van der Waals surface area contributed by atoms with E-state index in [-0.39, 0.29) is 0 Å². The van der Waals surface area contributed by atoms with Gasteiger partial charge < -0.3 is 4.42 Å².